The molecule has 2 unspecified atom stereocenters. The summed E-state index contributed by atoms with van der Waals surface area (Å²) >= 11 is 0. The molecule has 0 heterocycles. The number of nitrogens with one attached hydrogen (secondary N) is 1. The molecule has 2 aliphatic carbocycles. The van der Waals surface area contributed by atoms with Gasteiger partial charge < -0.3 is 11.1 Å². The van der Waals surface area contributed by atoms with Crippen LogP contribution in [0.1, 0.15) is 36.8 Å². The van der Waals surface area contributed by atoms with E-state index in [2.05, 4.69) is 17.2 Å². The van der Waals surface area contributed by atoms with Gasteiger partial charge in [-0.25, -0.2) is 0 Å². The Morgan fingerprint density at radius 2 is 1.86 bits per heavy atom. The largest absolute Gasteiger partial charge is 0.352 e. The van der Waals surface area contributed by atoms with Crippen molar-refractivity contribution in [2.24, 2.45) is 23.5 Å². The average Bonchev–Trinajstić information content (AvgIpc) is 3.26. The molecule has 0 spiro atoms. The van der Waals surface area contributed by atoms with Crippen molar-refractivity contribution in [3.05, 3.63) is 35.4 Å². The van der Waals surface area contributed by atoms with Crippen LogP contribution in [0.4, 0.5) is 0 Å². The number of amides is 1. The van der Waals surface area contributed by atoms with Gasteiger partial charge in [-0.1, -0.05) is 36.8 Å². The molecule has 0 saturated heterocycles. The van der Waals surface area contributed by atoms with Crippen molar-refractivity contribution in [2.75, 3.05) is 6.54 Å². The molecule has 0 bridgehead atoms. The van der Waals surface area contributed by atoms with Crippen molar-refractivity contribution in [1.29, 1.82) is 0 Å². The van der Waals surface area contributed by atoms with Gasteiger partial charge in [0.25, 0.3) is 0 Å². The van der Waals surface area contributed by atoms with Crippen LogP contribution < -0.4 is 11.1 Å². The van der Waals surface area contributed by atoms with E-state index in [-0.39, 0.29) is 5.91 Å². The number of benzene rings is 1. The lowest BCUT2D eigenvalue weighted by atomic mass is 10.0. The second-order valence-electron chi connectivity index (χ2n) is 6.06. The molecule has 3 heteroatoms. The van der Waals surface area contributed by atoms with Gasteiger partial charge >= 0.3 is 0 Å². The van der Waals surface area contributed by atoms with E-state index in [0.29, 0.717) is 30.8 Å². The lowest BCUT2D eigenvalue weighted by Crippen LogP contribution is -2.25. The first-order chi connectivity index (χ1) is 10.3. The predicted molar refractivity (Wildman–Crippen MR) is 83.2 cm³/mol. The third-order valence-electron chi connectivity index (χ3n) is 4.71. The van der Waals surface area contributed by atoms with E-state index in [4.69, 9.17) is 5.73 Å². The standard InChI is InChI=1S/C18H22N2O/c19-11-3-4-13-7-9-14(10-8-13)12-20-18(21)17-15-5-1-2-6-16(15)17/h7-10,15-17H,1-2,5-6,11-12,19H2,(H,20,21). The molecule has 2 atom stereocenters. The van der Waals surface area contributed by atoms with Crippen LogP contribution in [-0.2, 0) is 11.3 Å². The van der Waals surface area contributed by atoms with Crippen molar-refractivity contribution in [3.63, 3.8) is 0 Å². The summed E-state index contributed by atoms with van der Waals surface area (Å²) in [4.78, 5) is 12.2. The highest BCUT2D eigenvalue weighted by Gasteiger charge is 2.54. The molecule has 110 valence electrons. The summed E-state index contributed by atoms with van der Waals surface area (Å²) in [5, 5.41) is 3.08. The molecule has 2 aliphatic rings. The van der Waals surface area contributed by atoms with Crippen LogP contribution in [0.15, 0.2) is 24.3 Å². The fraction of sp³-hybridized carbons (Fsp3) is 0.500. The summed E-state index contributed by atoms with van der Waals surface area (Å²) in [7, 11) is 0. The molecular weight excluding hydrogens is 260 g/mol. The Hall–Kier alpha value is -1.79. The van der Waals surface area contributed by atoms with Crippen LogP contribution in [0.2, 0.25) is 0 Å². The number of hydrogen-bond donors (Lipinski definition) is 2. The van der Waals surface area contributed by atoms with Crippen LogP contribution >= 0.6 is 0 Å². The van der Waals surface area contributed by atoms with Crippen LogP contribution in [0.3, 0.4) is 0 Å². The summed E-state index contributed by atoms with van der Waals surface area (Å²) in [5.41, 5.74) is 7.43. The topological polar surface area (TPSA) is 55.1 Å². The van der Waals surface area contributed by atoms with Gasteiger partial charge in [0.2, 0.25) is 5.91 Å². The zero-order valence-electron chi connectivity index (χ0n) is 12.3. The molecule has 3 N–H and O–H groups in total. The SMILES string of the molecule is NCC#Cc1ccc(CNC(=O)C2C3CCCCC32)cc1. The Morgan fingerprint density at radius 3 is 2.48 bits per heavy atom. The minimum atomic E-state index is 0.249. The first kappa shape index (κ1) is 14.2. The number of nitrogens with two attached hydrogens (primary N) is 1. The lowest BCUT2D eigenvalue weighted by molar-refractivity contribution is -0.123. The minimum Gasteiger partial charge on any atom is -0.352 e. The molecule has 2 fully saturated rings. The Balaban J connectivity index is 1.50. The summed E-state index contributed by atoms with van der Waals surface area (Å²) in [6.07, 6.45) is 5.10. The van der Waals surface area contributed by atoms with E-state index < -0.39 is 0 Å². The first-order valence-electron chi connectivity index (χ1n) is 7.85. The molecular formula is C18H22N2O. The summed E-state index contributed by atoms with van der Waals surface area (Å²) in [5.74, 6) is 7.72. The maximum atomic E-state index is 12.2. The van der Waals surface area contributed by atoms with Crippen LogP contribution in [0, 0.1) is 29.6 Å². The summed E-state index contributed by atoms with van der Waals surface area (Å²) in [6, 6.07) is 7.98. The third-order valence-corrected chi connectivity index (χ3v) is 4.71. The van der Waals surface area contributed by atoms with E-state index in [1.54, 1.807) is 0 Å². The number of hydrogen-bond acceptors (Lipinski definition) is 2. The zero-order chi connectivity index (χ0) is 14.7. The third kappa shape index (κ3) is 3.28. The molecule has 3 nitrogen and oxygen atoms in total. The Labute approximate surface area is 126 Å². The van der Waals surface area contributed by atoms with E-state index >= 15 is 0 Å². The predicted octanol–water partition coefficient (Wildman–Crippen LogP) is 2.05. The quantitative estimate of drug-likeness (QED) is 0.834. The first-order valence-corrected chi connectivity index (χ1v) is 7.85. The van der Waals surface area contributed by atoms with Crippen molar-refractivity contribution < 1.29 is 4.79 Å². The van der Waals surface area contributed by atoms with Crippen LogP contribution in [0.25, 0.3) is 0 Å². The summed E-state index contributed by atoms with van der Waals surface area (Å²) < 4.78 is 0. The molecule has 0 aliphatic heterocycles. The fourth-order valence-electron chi connectivity index (χ4n) is 3.55. The molecule has 0 radical (unpaired) electrons. The number of rotatable bonds is 3. The fourth-order valence-corrected chi connectivity index (χ4v) is 3.55. The highest BCUT2D eigenvalue weighted by Crippen LogP contribution is 2.55. The van der Waals surface area contributed by atoms with Crippen molar-refractivity contribution in [2.45, 2.75) is 32.2 Å². The van der Waals surface area contributed by atoms with E-state index in [1.807, 2.05) is 24.3 Å². The van der Waals surface area contributed by atoms with Gasteiger partial charge in [-0.3, -0.25) is 4.79 Å². The second kappa shape index (κ2) is 6.32. The highest BCUT2D eigenvalue weighted by molar-refractivity contribution is 5.82. The number of carbonyl (C=O) groups excluding carboxylic acids is 1. The molecule has 3 rings (SSSR count). The summed E-state index contributed by atoms with van der Waals surface area (Å²) in [6.45, 7) is 0.987. The normalized spacial score (nSPS) is 26.2. The number of fused-ring (bicyclic) bond motifs is 1. The molecule has 1 aromatic carbocycles. The highest BCUT2D eigenvalue weighted by atomic mass is 16.2. The van der Waals surface area contributed by atoms with Crippen LogP contribution in [-0.4, -0.2) is 12.5 Å². The monoisotopic (exact) mass is 282 g/mol. The molecule has 2 saturated carbocycles. The van der Waals surface area contributed by atoms with Gasteiger partial charge in [-0.2, -0.15) is 0 Å². The molecule has 1 amide bonds. The van der Waals surface area contributed by atoms with Crippen molar-refractivity contribution >= 4 is 5.91 Å². The number of carbonyl (C=O) groups is 1. The maximum absolute atomic E-state index is 12.2. The second-order valence-corrected chi connectivity index (χ2v) is 6.06. The van der Waals surface area contributed by atoms with Gasteiger partial charge in [0.15, 0.2) is 0 Å². The minimum absolute atomic E-state index is 0.249. The van der Waals surface area contributed by atoms with E-state index in [0.717, 1.165) is 11.1 Å². The maximum Gasteiger partial charge on any atom is 0.223 e. The van der Waals surface area contributed by atoms with Gasteiger partial charge in [0, 0.05) is 18.0 Å². The Kier molecular flexibility index (Phi) is 4.26. The van der Waals surface area contributed by atoms with E-state index in [1.165, 1.54) is 25.7 Å². The Morgan fingerprint density at radius 1 is 1.19 bits per heavy atom. The van der Waals surface area contributed by atoms with Gasteiger partial charge in [-0.15, -0.1) is 0 Å². The van der Waals surface area contributed by atoms with E-state index in [9.17, 15) is 4.79 Å². The smallest absolute Gasteiger partial charge is 0.223 e. The van der Waals surface area contributed by atoms with Crippen molar-refractivity contribution in [1.82, 2.24) is 5.32 Å². The van der Waals surface area contributed by atoms with Gasteiger partial charge in [0.1, 0.15) is 0 Å². The van der Waals surface area contributed by atoms with Gasteiger partial charge in [0.05, 0.1) is 6.54 Å². The lowest BCUT2D eigenvalue weighted by Gasteiger charge is -2.05. The average molecular weight is 282 g/mol. The van der Waals surface area contributed by atoms with Crippen molar-refractivity contribution in [3.8, 4) is 11.8 Å². The van der Waals surface area contributed by atoms with Crippen LogP contribution in [0.5, 0.6) is 0 Å². The Bertz CT molecular complexity index is 555. The van der Waals surface area contributed by atoms with Gasteiger partial charge in [-0.05, 0) is 42.4 Å². The molecule has 21 heavy (non-hydrogen) atoms. The zero-order valence-corrected chi connectivity index (χ0v) is 12.3. The molecule has 0 aromatic heterocycles. The molecule has 1 aromatic rings.